The van der Waals surface area contributed by atoms with Gasteiger partial charge in [-0.3, -0.25) is 14.5 Å². The molecule has 2 amide bonds. The van der Waals surface area contributed by atoms with Crippen molar-refractivity contribution in [3.05, 3.63) is 58.3 Å². The highest BCUT2D eigenvalue weighted by Crippen LogP contribution is 2.11. The summed E-state index contributed by atoms with van der Waals surface area (Å²) in [7, 11) is 0. The Morgan fingerprint density at radius 2 is 1.75 bits per heavy atom. The molecule has 1 aliphatic heterocycles. The van der Waals surface area contributed by atoms with Crippen LogP contribution in [-0.2, 0) is 0 Å². The standard InChI is InChI=1S/C18H21N3O2S/c22-17(15-4-2-1-3-5-15)19-7-8-20-9-11-21(12-10-20)18(23)16-6-13-24-14-16/h1-6,13-14H,7-12H2,(H,19,22). The molecule has 0 spiro atoms. The van der Waals surface area contributed by atoms with Gasteiger partial charge in [0.25, 0.3) is 11.8 Å². The lowest BCUT2D eigenvalue weighted by Crippen LogP contribution is -2.50. The van der Waals surface area contributed by atoms with E-state index in [-0.39, 0.29) is 11.8 Å². The van der Waals surface area contributed by atoms with E-state index in [9.17, 15) is 9.59 Å². The molecule has 5 nitrogen and oxygen atoms in total. The fourth-order valence-electron chi connectivity index (χ4n) is 2.76. The molecule has 1 fully saturated rings. The van der Waals surface area contributed by atoms with Crippen molar-refractivity contribution < 1.29 is 9.59 Å². The highest BCUT2D eigenvalue weighted by Gasteiger charge is 2.22. The first-order chi connectivity index (χ1) is 11.7. The first kappa shape index (κ1) is 16.7. The van der Waals surface area contributed by atoms with Crippen LogP contribution in [0, 0.1) is 0 Å². The monoisotopic (exact) mass is 343 g/mol. The van der Waals surface area contributed by atoms with E-state index in [0.717, 1.165) is 38.3 Å². The van der Waals surface area contributed by atoms with Gasteiger partial charge in [0.2, 0.25) is 0 Å². The van der Waals surface area contributed by atoms with Gasteiger partial charge in [0.15, 0.2) is 0 Å². The number of amides is 2. The molecule has 0 saturated carbocycles. The molecule has 3 rings (SSSR count). The van der Waals surface area contributed by atoms with Crippen LogP contribution in [0.2, 0.25) is 0 Å². The smallest absolute Gasteiger partial charge is 0.254 e. The average molecular weight is 343 g/mol. The molecule has 2 aromatic rings. The molecule has 126 valence electrons. The average Bonchev–Trinajstić information content (AvgIpc) is 3.17. The van der Waals surface area contributed by atoms with E-state index in [1.54, 1.807) is 11.3 Å². The Morgan fingerprint density at radius 3 is 2.42 bits per heavy atom. The van der Waals surface area contributed by atoms with Gasteiger partial charge in [-0.1, -0.05) is 18.2 Å². The van der Waals surface area contributed by atoms with Crippen LogP contribution in [0.5, 0.6) is 0 Å². The number of nitrogens with one attached hydrogen (secondary N) is 1. The molecule has 0 aliphatic carbocycles. The summed E-state index contributed by atoms with van der Waals surface area (Å²) >= 11 is 1.55. The minimum Gasteiger partial charge on any atom is -0.351 e. The Labute approximate surface area is 145 Å². The number of piperazine rings is 1. The van der Waals surface area contributed by atoms with Crippen molar-refractivity contribution in [3.63, 3.8) is 0 Å². The van der Waals surface area contributed by atoms with Crippen LogP contribution >= 0.6 is 11.3 Å². The summed E-state index contributed by atoms with van der Waals surface area (Å²) in [6.07, 6.45) is 0. The minimum atomic E-state index is -0.0399. The van der Waals surface area contributed by atoms with E-state index in [1.807, 2.05) is 52.1 Å². The lowest BCUT2D eigenvalue weighted by molar-refractivity contribution is 0.0638. The van der Waals surface area contributed by atoms with Crippen molar-refractivity contribution in [1.82, 2.24) is 15.1 Å². The predicted octanol–water partition coefficient (Wildman–Crippen LogP) is 1.94. The van der Waals surface area contributed by atoms with E-state index in [2.05, 4.69) is 10.2 Å². The van der Waals surface area contributed by atoms with E-state index in [0.29, 0.717) is 12.1 Å². The molecule has 0 radical (unpaired) electrons. The van der Waals surface area contributed by atoms with Crippen molar-refractivity contribution >= 4 is 23.2 Å². The molecule has 1 aliphatic rings. The van der Waals surface area contributed by atoms with Crippen LogP contribution in [-0.4, -0.2) is 60.9 Å². The van der Waals surface area contributed by atoms with Crippen LogP contribution in [0.15, 0.2) is 47.2 Å². The van der Waals surface area contributed by atoms with Gasteiger partial charge in [0.1, 0.15) is 0 Å². The van der Waals surface area contributed by atoms with Gasteiger partial charge in [-0.15, -0.1) is 0 Å². The summed E-state index contributed by atoms with van der Waals surface area (Å²) in [6.45, 7) is 4.59. The lowest BCUT2D eigenvalue weighted by atomic mass is 10.2. The predicted molar refractivity (Wildman–Crippen MR) is 95.4 cm³/mol. The second-order valence-corrected chi connectivity index (χ2v) is 6.55. The molecule has 0 atom stereocenters. The van der Waals surface area contributed by atoms with Gasteiger partial charge in [0.05, 0.1) is 5.56 Å². The van der Waals surface area contributed by atoms with Crippen molar-refractivity contribution in [1.29, 1.82) is 0 Å². The Balaban J connectivity index is 1.38. The number of benzene rings is 1. The number of thiophene rings is 1. The zero-order chi connectivity index (χ0) is 16.8. The maximum atomic E-state index is 12.3. The summed E-state index contributed by atoms with van der Waals surface area (Å²) in [5, 5.41) is 6.77. The van der Waals surface area contributed by atoms with E-state index in [1.165, 1.54) is 0 Å². The molecule has 6 heteroatoms. The number of carbonyl (C=O) groups excluding carboxylic acids is 2. The fraction of sp³-hybridized carbons (Fsp3) is 0.333. The zero-order valence-electron chi connectivity index (χ0n) is 13.5. The Morgan fingerprint density at radius 1 is 1.00 bits per heavy atom. The molecule has 0 unspecified atom stereocenters. The summed E-state index contributed by atoms with van der Waals surface area (Å²) in [6, 6.07) is 11.1. The van der Waals surface area contributed by atoms with Crippen LogP contribution in [0.4, 0.5) is 0 Å². The van der Waals surface area contributed by atoms with Crippen molar-refractivity contribution in [2.75, 3.05) is 39.3 Å². The first-order valence-electron chi connectivity index (χ1n) is 8.11. The molecule has 1 aromatic heterocycles. The van der Waals surface area contributed by atoms with Gasteiger partial charge in [-0.05, 0) is 23.6 Å². The zero-order valence-corrected chi connectivity index (χ0v) is 14.3. The Hall–Kier alpha value is -2.18. The highest BCUT2D eigenvalue weighted by molar-refractivity contribution is 7.08. The number of hydrogen-bond acceptors (Lipinski definition) is 4. The summed E-state index contributed by atoms with van der Waals surface area (Å²) in [5.41, 5.74) is 1.47. The molecule has 0 bridgehead atoms. The van der Waals surface area contributed by atoms with Crippen LogP contribution in [0.1, 0.15) is 20.7 Å². The molecular formula is C18H21N3O2S. The summed E-state index contributed by atoms with van der Waals surface area (Å²) in [4.78, 5) is 28.4. The number of carbonyl (C=O) groups is 2. The Kier molecular flexibility index (Phi) is 5.61. The third kappa shape index (κ3) is 4.21. The van der Waals surface area contributed by atoms with Crippen molar-refractivity contribution in [3.8, 4) is 0 Å². The Bertz CT molecular complexity index is 665. The number of hydrogen-bond donors (Lipinski definition) is 1. The quantitative estimate of drug-likeness (QED) is 0.903. The van der Waals surface area contributed by atoms with Crippen molar-refractivity contribution in [2.45, 2.75) is 0 Å². The molecule has 1 saturated heterocycles. The molecular weight excluding hydrogens is 322 g/mol. The fourth-order valence-corrected chi connectivity index (χ4v) is 3.39. The van der Waals surface area contributed by atoms with Crippen LogP contribution in [0.3, 0.4) is 0 Å². The van der Waals surface area contributed by atoms with Crippen LogP contribution < -0.4 is 5.32 Å². The SMILES string of the molecule is O=C(NCCN1CCN(C(=O)c2ccsc2)CC1)c1ccccc1. The van der Waals surface area contributed by atoms with Gasteiger partial charge in [-0.25, -0.2) is 0 Å². The number of nitrogens with zero attached hydrogens (tertiary/aromatic N) is 2. The molecule has 2 heterocycles. The normalized spacial score (nSPS) is 15.2. The van der Waals surface area contributed by atoms with Gasteiger partial charge < -0.3 is 10.2 Å². The second kappa shape index (κ2) is 8.08. The topological polar surface area (TPSA) is 52.7 Å². The second-order valence-electron chi connectivity index (χ2n) is 5.77. The third-order valence-electron chi connectivity index (χ3n) is 4.18. The van der Waals surface area contributed by atoms with E-state index < -0.39 is 0 Å². The molecule has 1 N–H and O–H groups in total. The summed E-state index contributed by atoms with van der Waals surface area (Å²) in [5.74, 6) is 0.0788. The van der Waals surface area contributed by atoms with E-state index >= 15 is 0 Å². The summed E-state index contributed by atoms with van der Waals surface area (Å²) < 4.78 is 0. The van der Waals surface area contributed by atoms with Crippen LogP contribution in [0.25, 0.3) is 0 Å². The third-order valence-corrected chi connectivity index (χ3v) is 4.86. The van der Waals surface area contributed by atoms with Gasteiger partial charge in [0, 0.05) is 50.2 Å². The lowest BCUT2D eigenvalue weighted by Gasteiger charge is -2.34. The minimum absolute atomic E-state index is 0.0399. The molecule has 1 aromatic carbocycles. The maximum Gasteiger partial charge on any atom is 0.254 e. The van der Waals surface area contributed by atoms with Gasteiger partial charge in [-0.2, -0.15) is 11.3 Å². The van der Waals surface area contributed by atoms with Gasteiger partial charge >= 0.3 is 0 Å². The van der Waals surface area contributed by atoms with E-state index in [4.69, 9.17) is 0 Å². The molecule has 24 heavy (non-hydrogen) atoms. The maximum absolute atomic E-state index is 12.3. The first-order valence-corrected chi connectivity index (χ1v) is 9.05. The van der Waals surface area contributed by atoms with Crippen molar-refractivity contribution in [2.24, 2.45) is 0 Å². The highest BCUT2D eigenvalue weighted by atomic mass is 32.1. The number of rotatable bonds is 5. The largest absolute Gasteiger partial charge is 0.351 e.